The maximum absolute atomic E-state index is 12.5. The first-order chi connectivity index (χ1) is 9.41. The van der Waals surface area contributed by atoms with Gasteiger partial charge in [-0.25, -0.2) is 0 Å². The number of esters is 1. The summed E-state index contributed by atoms with van der Waals surface area (Å²) in [6.45, 7) is 1.20. The van der Waals surface area contributed by atoms with Crippen molar-refractivity contribution in [3.63, 3.8) is 0 Å². The van der Waals surface area contributed by atoms with Gasteiger partial charge < -0.3 is 10.1 Å². The van der Waals surface area contributed by atoms with Crippen molar-refractivity contribution in [2.24, 2.45) is 5.92 Å². The van der Waals surface area contributed by atoms with Gasteiger partial charge in [-0.05, 0) is 30.0 Å². The number of benzene rings is 1. The summed E-state index contributed by atoms with van der Waals surface area (Å²) in [5.74, 6) is -0.509. The van der Waals surface area contributed by atoms with E-state index in [1.165, 1.54) is 19.2 Å². The van der Waals surface area contributed by atoms with Gasteiger partial charge in [-0.1, -0.05) is 12.1 Å². The van der Waals surface area contributed by atoms with Gasteiger partial charge in [0, 0.05) is 13.1 Å². The Balaban J connectivity index is 2.09. The number of hydrogen-bond acceptors (Lipinski definition) is 3. The first kappa shape index (κ1) is 14.8. The summed E-state index contributed by atoms with van der Waals surface area (Å²) in [5, 5.41) is 3.12. The monoisotopic (exact) mass is 287 g/mol. The number of nitrogens with one attached hydrogen (secondary N) is 1. The number of piperidine rings is 1. The van der Waals surface area contributed by atoms with Gasteiger partial charge in [-0.2, -0.15) is 13.2 Å². The van der Waals surface area contributed by atoms with Gasteiger partial charge in [0.1, 0.15) is 0 Å². The highest BCUT2D eigenvalue weighted by atomic mass is 19.4. The van der Waals surface area contributed by atoms with E-state index in [2.05, 4.69) is 5.32 Å². The van der Waals surface area contributed by atoms with Crippen molar-refractivity contribution in [3.05, 3.63) is 35.4 Å². The van der Waals surface area contributed by atoms with Crippen molar-refractivity contribution in [2.45, 2.75) is 18.5 Å². The zero-order chi connectivity index (χ0) is 14.8. The second kappa shape index (κ2) is 5.83. The Kier molecular flexibility index (Phi) is 4.32. The molecule has 1 aliphatic rings. The molecule has 20 heavy (non-hydrogen) atoms. The number of hydrogen-bond donors (Lipinski definition) is 1. The molecular weight excluding hydrogens is 271 g/mol. The highest BCUT2D eigenvalue weighted by Crippen LogP contribution is 2.32. The van der Waals surface area contributed by atoms with Gasteiger partial charge in [0.05, 0.1) is 18.6 Å². The topological polar surface area (TPSA) is 38.3 Å². The van der Waals surface area contributed by atoms with E-state index in [0.717, 1.165) is 17.7 Å². The molecule has 1 aliphatic heterocycles. The summed E-state index contributed by atoms with van der Waals surface area (Å²) in [5.41, 5.74) is 0.147. The third-order valence-corrected chi connectivity index (χ3v) is 3.59. The number of ether oxygens (including phenoxy) is 1. The Bertz CT molecular complexity index is 470. The summed E-state index contributed by atoms with van der Waals surface area (Å²) >= 11 is 0. The van der Waals surface area contributed by atoms with E-state index < -0.39 is 11.7 Å². The second-order valence-electron chi connectivity index (χ2n) is 4.93. The van der Waals surface area contributed by atoms with Gasteiger partial charge in [-0.3, -0.25) is 4.79 Å². The molecule has 0 amide bonds. The molecular formula is C14H16F3NO2. The number of halogens is 3. The molecule has 0 radical (unpaired) electrons. The number of alkyl halides is 3. The molecule has 0 aromatic heterocycles. The highest BCUT2D eigenvalue weighted by molar-refractivity contribution is 5.72. The van der Waals surface area contributed by atoms with Crippen LogP contribution in [0.15, 0.2) is 24.3 Å². The van der Waals surface area contributed by atoms with E-state index in [1.807, 2.05) is 0 Å². The van der Waals surface area contributed by atoms with Crippen LogP contribution in [0.25, 0.3) is 0 Å². The average Bonchev–Trinajstić information content (AvgIpc) is 2.46. The van der Waals surface area contributed by atoms with Crippen molar-refractivity contribution in [2.75, 3.05) is 20.2 Å². The zero-order valence-corrected chi connectivity index (χ0v) is 11.0. The minimum Gasteiger partial charge on any atom is -0.469 e. The molecule has 6 heteroatoms. The average molecular weight is 287 g/mol. The Hall–Kier alpha value is -1.56. The van der Waals surface area contributed by atoms with Crippen molar-refractivity contribution in [1.29, 1.82) is 0 Å². The molecule has 0 unspecified atom stereocenters. The molecule has 3 nitrogen and oxygen atoms in total. The van der Waals surface area contributed by atoms with E-state index in [0.29, 0.717) is 19.5 Å². The van der Waals surface area contributed by atoms with Crippen molar-refractivity contribution < 1.29 is 22.7 Å². The SMILES string of the molecule is COC(=O)[C@H]1CNC[C@H](c2ccc(C(F)(F)F)cc2)C1. The molecule has 1 aromatic rings. The molecule has 0 aliphatic carbocycles. The summed E-state index contributed by atoms with van der Waals surface area (Å²) in [7, 11) is 1.34. The lowest BCUT2D eigenvalue weighted by atomic mass is 9.85. The number of carbonyl (C=O) groups excluding carboxylic acids is 1. The van der Waals surface area contributed by atoms with E-state index in [1.54, 1.807) is 0 Å². The fourth-order valence-corrected chi connectivity index (χ4v) is 2.49. The third-order valence-electron chi connectivity index (χ3n) is 3.59. The quantitative estimate of drug-likeness (QED) is 0.850. The predicted molar refractivity (Wildman–Crippen MR) is 67.2 cm³/mol. The van der Waals surface area contributed by atoms with Crippen molar-refractivity contribution >= 4 is 5.97 Å². The van der Waals surface area contributed by atoms with Crippen LogP contribution in [0.1, 0.15) is 23.5 Å². The largest absolute Gasteiger partial charge is 0.469 e. The van der Waals surface area contributed by atoms with Crippen LogP contribution in [-0.2, 0) is 15.7 Å². The number of carbonyl (C=O) groups is 1. The second-order valence-corrected chi connectivity index (χ2v) is 4.93. The van der Waals surface area contributed by atoms with E-state index in [4.69, 9.17) is 4.74 Å². The van der Waals surface area contributed by atoms with Gasteiger partial charge in [0.25, 0.3) is 0 Å². The molecule has 2 atom stereocenters. The molecule has 1 saturated heterocycles. The van der Waals surface area contributed by atoms with Crippen molar-refractivity contribution in [3.8, 4) is 0 Å². The molecule has 110 valence electrons. The standard InChI is InChI=1S/C14H16F3NO2/c1-20-13(19)11-6-10(7-18-8-11)9-2-4-12(5-3-9)14(15,16)17/h2-5,10-11,18H,6-8H2,1H3/t10-,11-/m1/s1. The highest BCUT2D eigenvalue weighted by Gasteiger charge is 2.31. The summed E-state index contributed by atoms with van der Waals surface area (Å²) in [4.78, 5) is 11.5. The molecule has 1 heterocycles. The molecule has 0 saturated carbocycles. The van der Waals surface area contributed by atoms with Crippen LogP contribution in [0.4, 0.5) is 13.2 Å². The Morgan fingerprint density at radius 1 is 1.25 bits per heavy atom. The summed E-state index contributed by atoms with van der Waals surface area (Å²) in [6, 6.07) is 5.12. The smallest absolute Gasteiger partial charge is 0.416 e. The third kappa shape index (κ3) is 3.30. The maximum Gasteiger partial charge on any atom is 0.416 e. The van der Waals surface area contributed by atoms with Crippen LogP contribution in [-0.4, -0.2) is 26.2 Å². The molecule has 1 N–H and O–H groups in total. The predicted octanol–water partition coefficient (Wildman–Crippen LogP) is 2.57. The minimum absolute atomic E-state index is 0.0233. The lowest BCUT2D eigenvalue weighted by Gasteiger charge is -2.28. The molecule has 1 aromatic carbocycles. The van der Waals surface area contributed by atoms with E-state index >= 15 is 0 Å². The molecule has 2 rings (SSSR count). The Morgan fingerprint density at radius 3 is 2.45 bits per heavy atom. The van der Waals surface area contributed by atoms with Crippen LogP contribution in [0.2, 0.25) is 0 Å². The minimum atomic E-state index is -4.32. The molecule has 1 fully saturated rings. The van der Waals surface area contributed by atoms with Gasteiger partial charge in [0.15, 0.2) is 0 Å². The molecule has 0 spiro atoms. The van der Waals surface area contributed by atoms with E-state index in [-0.39, 0.29) is 17.8 Å². The lowest BCUT2D eigenvalue weighted by molar-refractivity contribution is -0.146. The number of rotatable bonds is 2. The van der Waals surface area contributed by atoms with Crippen LogP contribution in [0, 0.1) is 5.92 Å². The summed E-state index contributed by atoms with van der Waals surface area (Å²) in [6.07, 6.45) is -3.73. The van der Waals surface area contributed by atoms with E-state index in [9.17, 15) is 18.0 Å². The van der Waals surface area contributed by atoms with Gasteiger partial charge in [0.2, 0.25) is 0 Å². The van der Waals surface area contributed by atoms with Crippen molar-refractivity contribution in [1.82, 2.24) is 5.32 Å². The Labute approximate surface area is 115 Å². The van der Waals surface area contributed by atoms with Gasteiger partial charge in [-0.15, -0.1) is 0 Å². The number of methoxy groups -OCH3 is 1. The summed E-state index contributed by atoms with van der Waals surface area (Å²) < 4.78 is 42.2. The van der Waals surface area contributed by atoms with Crippen LogP contribution in [0.5, 0.6) is 0 Å². The first-order valence-electron chi connectivity index (χ1n) is 6.37. The van der Waals surface area contributed by atoms with Crippen LogP contribution in [0.3, 0.4) is 0 Å². The normalized spacial score (nSPS) is 23.4. The molecule has 0 bridgehead atoms. The zero-order valence-electron chi connectivity index (χ0n) is 11.0. The van der Waals surface area contributed by atoms with Gasteiger partial charge >= 0.3 is 12.1 Å². The Morgan fingerprint density at radius 2 is 1.90 bits per heavy atom. The fraction of sp³-hybridized carbons (Fsp3) is 0.500. The fourth-order valence-electron chi connectivity index (χ4n) is 2.49. The first-order valence-corrected chi connectivity index (χ1v) is 6.37. The van der Waals surface area contributed by atoms with Crippen LogP contribution >= 0.6 is 0 Å². The lowest BCUT2D eigenvalue weighted by Crippen LogP contribution is -2.39. The van der Waals surface area contributed by atoms with Crippen LogP contribution < -0.4 is 5.32 Å². The maximum atomic E-state index is 12.5.